The van der Waals surface area contributed by atoms with Crippen LogP contribution in [0, 0.1) is 5.92 Å². The Labute approximate surface area is 70.1 Å². The van der Waals surface area contributed by atoms with Crippen molar-refractivity contribution >= 4 is 0 Å². The number of nitrogens with zero attached hydrogens (tertiary/aromatic N) is 1. The largest absolute Gasteiger partial charge is 0.372 e. The van der Waals surface area contributed by atoms with Crippen molar-refractivity contribution in [3.63, 3.8) is 0 Å². The van der Waals surface area contributed by atoms with Gasteiger partial charge in [-0.2, -0.15) is 0 Å². The lowest BCUT2D eigenvalue weighted by atomic mass is 10.0. The second-order valence-electron chi connectivity index (χ2n) is 3.97. The standard InChI is InChI=1S/C10H19N/c1-8(2)10-6-5-7-11(10)9(3)4/h5,7-10H,6H2,1-4H3/t10-/m0/s1. The van der Waals surface area contributed by atoms with E-state index in [2.05, 4.69) is 44.9 Å². The molecule has 1 rings (SSSR count). The fourth-order valence-corrected chi connectivity index (χ4v) is 1.73. The Morgan fingerprint density at radius 1 is 1.27 bits per heavy atom. The van der Waals surface area contributed by atoms with E-state index in [4.69, 9.17) is 0 Å². The summed E-state index contributed by atoms with van der Waals surface area (Å²) in [6.07, 6.45) is 5.76. The highest BCUT2D eigenvalue weighted by molar-refractivity contribution is 5.00. The highest BCUT2D eigenvalue weighted by Gasteiger charge is 2.23. The van der Waals surface area contributed by atoms with Crippen LogP contribution in [0.1, 0.15) is 34.1 Å². The highest BCUT2D eigenvalue weighted by atomic mass is 15.2. The van der Waals surface area contributed by atoms with Crippen LogP contribution in [0.15, 0.2) is 12.3 Å². The molecule has 0 saturated heterocycles. The molecule has 1 heterocycles. The molecule has 0 unspecified atom stereocenters. The Kier molecular flexibility index (Phi) is 2.58. The molecule has 0 aromatic carbocycles. The topological polar surface area (TPSA) is 3.24 Å². The molecule has 0 spiro atoms. The molecule has 11 heavy (non-hydrogen) atoms. The summed E-state index contributed by atoms with van der Waals surface area (Å²) in [6.45, 7) is 9.11. The molecule has 64 valence electrons. The van der Waals surface area contributed by atoms with Gasteiger partial charge in [-0.05, 0) is 32.4 Å². The fraction of sp³-hybridized carbons (Fsp3) is 0.800. The van der Waals surface area contributed by atoms with Crippen LogP contribution in [0.3, 0.4) is 0 Å². The lowest BCUT2D eigenvalue weighted by molar-refractivity contribution is 0.201. The van der Waals surface area contributed by atoms with Crippen molar-refractivity contribution in [2.45, 2.75) is 46.2 Å². The molecule has 1 aliphatic rings. The van der Waals surface area contributed by atoms with Crippen LogP contribution in [0.25, 0.3) is 0 Å². The van der Waals surface area contributed by atoms with E-state index in [1.54, 1.807) is 0 Å². The molecule has 0 aliphatic carbocycles. The minimum atomic E-state index is 0.654. The lowest BCUT2D eigenvalue weighted by Gasteiger charge is -2.32. The Bertz CT molecular complexity index is 147. The van der Waals surface area contributed by atoms with Gasteiger partial charge in [0, 0.05) is 12.1 Å². The fourth-order valence-electron chi connectivity index (χ4n) is 1.73. The average Bonchev–Trinajstić information content (AvgIpc) is 2.32. The van der Waals surface area contributed by atoms with Crippen molar-refractivity contribution < 1.29 is 0 Å². The average molecular weight is 153 g/mol. The molecule has 0 N–H and O–H groups in total. The van der Waals surface area contributed by atoms with Gasteiger partial charge in [0.25, 0.3) is 0 Å². The van der Waals surface area contributed by atoms with E-state index < -0.39 is 0 Å². The maximum atomic E-state index is 2.46. The maximum Gasteiger partial charge on any atom is 0.0345 e. The molecule has 1 heteroatoms. The summed E-state index contributed by atoms with van der Waals surface area (Å²) in [4.78, 5) is 2.46. The summed E-state index contributed by atoms with van der Waals surface area (Å²) >= 11 is 0. The van der Waals surface area contributed by atoms with Crippen LogP contribution < -0.4 is 0 Å². The van der Waals surface area contributed by atoms with Gasteiger partial charge in [0.2, 0.25) is 0 Å². The van der Waals surface area contributed by atoms with Crippen molar-refractivity contribution in [1.82, 2.24) is 4.90 Å². The predicted molar refractivity (Wildman–Crippen MR) is 49.4 cm³/mol. The third-order valence-corrected chi connectivity index (χ3v) is 2.40. The first kappa shape index (κ1) is 8.63. The van der Waals surface area contributed by atoms with Gasteiger partial charge in [-0.1, -0.05) is 19.9 Å². The summed E-state index contributed by atoms with van der Waals surface area (Å²) in [7, 11) is 0. The van der Waals surface area contributed by atoms with Crippen LogP contribution >= 0.6 is 0 Å². The molecule has 0 saturated carbocycles. The van der Waals surface area contributed by atoms with Crippen LogP contribution in [-0.2, 0) is 0 Å². The highest BCUT2D eigenvalue weighted by Crippen LogP contribution is 2.23. The minimum absolute atomic E-state index is 0.654. The third kappa shape index (κ3) is 1.76. The Balaban J connectivity index is 2.56. The van der Waals surface area contributed by atoms with Gasteiger partial charge in [-0.25, -0.2) is 0 Å². The zero-order valence-corrected chi connectivity index (χ0v) is 8.04. The van der Waals surface area contributed by atoms with E-state index in [0.29, 0.717) is 6.04 Å². The molecule has 0 aromatic rings. The molecule has 0 amide bonds. The van der Waals surface area contributed by atoms with Gasteiger partial charge in [0.05, 0.1) is 0 Å². The van der Waals surface area contributed by atoms with E-state index in [9.17, 15) is 0 Å². The smallest absolute Gasteiger partial charge is 0.0345 e. The summed E-state index contributed by atoms with van der Waals surface area (Å²) in [5.74, 6) is 0.771. The maximum absolute atomic E-state index is 2.46. The Hall–Kier alpha value is -0.460. The van der Waals surface area contributed by atoms with E-state index in [-0.39, 0.29) is 0 Å². The molecule has 0 bridgehead atoms. The first-order valence-electron chi connectivity index (χ1n) is 4.57. The molecule has 1 nitrogen and oxygen atoms in total. The molecule has 0 aromatic heterocycles. The normalized spacial score (nSPS) is 24.2. The van der Waals surface area contributed by atoms with Crippen LogP contribution in [0.5, 0.6) is 0 Å². The van der Waals surface area contributed by atoms with Crippen LogP contribution in [-0.4, -0.2) is 17.0 Å². The van der Waals surface area contributed by atoms with Crippen molar-refractivity contribution in [3.8, 4) is 0 Å². The van der Waals surface area contributed by atoms with Crippen molar-refractivity contribution in [2.24, 2.45) is 5.92 Å². The molecule has 1 aliphatic heterocycles. The summed E-state index contributed by atoms with van der Waals surface area (Å²) < 4.78 is 0. The molecular formula is C10H19N. The number of hydrogen-bond acceptors (Lipinski definition) is 1. The summed E-state index contributed by atoms with van der Waals surface area (Å²) in [5, 5.41) is 0. The monoisotopic (exact) mass is 153 g/mol. The Morgan fingerprint density at radius 3 is 2.27 bits per heavy atom. The molecule has 0 radical (unpaired) electrons. The minimum Gasteiger partial charge on any atom is -0.372 e. The SMILES string of the molecule is CC(C)[C@@H]1CC=CN1C(C)C. The van der Waals surface area contributed by atoms with Gasteiger partial charge in [-0.3, -0.25) is 0 Å². The van der Waals surface area contributed by atoms with Gasteiger partial charge in [0.1, 0.15) is 0 Å². The summed E-state index contributed by atoms with van der Waals surface area (Å²) in [6, 6.07) is 1.40. The first-order chi connectivity index (χ1) is 5.13. The molecule has 0 fully saturated rings. The van der Waals surface area contributed by atoms with Crippen LogP contribution in [0.4, 0.5) is 0 Å². The number of rotatable bonds is 2. The quantitative estimate of drug-likeness (QED) is 0.589. The zero-order chi connectivity index (χ0) is 8.43. The first-order valence-corrected chi connectivity index (χ1v) is 4.57. The predicted octanol–water partition coefficient (Wildman–Crippen LogP) is 2.64. The second-order valence-corrected chi connectivity index (χ2v) is 3.97. The third-order valence-electron chi connectivity index (χ3n) is 2.40. The van der Waals surface area contributed by atoms with Gasteiger partial charge >= 0.3 is 0 Å². The van der Waals surface area contributed by atoms with Gasteiger partial charge in [-0.15, -0.1) is 0 Å². The van der Waals surface area contributed by atoms with E-state index in [1.165, 1.54) is 6.42 Å². The van der Waals surface area contributed by atoms with Crippen LogP contribution in [0.2, 0.25) is 0 Å². The zero-order valence-electron chi connectivity index (χ0n) is 8.04. The van der Waals surface area contributed by atoms with Crippen molar-refractivity contribution in [3.05, 3.63) is 12.3 Å². The number of hydrogen-bond donors (Lipinski definition) is 0. The van der Waals surface area contributed by atoms with Crippen molar-refractivity contribution in [1.29, 1.82) is 0 Å². The van der Waals surface area contributed by atoms with E-state index in [1.807, 2.05) is 0 Å². The van der Waals surface area contributed by atoms with Gasteiger partial charge in [0.15, 0.2) is 0 Å². The van der Waals surface area contributed by atoms with Crippen molar-refractivity contribution in [2.75, 3.05) is 0 Å². The van der Waals surface area contributed by atoms with E-state index >= 15 is 0 Å². The van der Waals surface area contributed by atoms with Gasteiger partial charge < -0.3 is 4.90 Å². The van der Waals surface area contributed by atoms with E-state index in [0.717, 1.165) is 12.0 Å². The second kappa shape index (κ2) is 3.29. The molecular weight excluding hydrogens is 134 g/mol. The molecule has 1 atom stereocenters. The summed E-state index contributed by atoms with van der Waals surface area (Å²) in [5.41, 5.74) is 0. The Morgan fingerprint density at radius 2 is 1.91 bits per heavy atom. The lowest BCUT2D eigenvalue weighted by Crippen LogP contribution is -2.36.